The average Bonchev–Trinajstić information content (AvgIpc) is 2.39. The van der Waals surface area contributed by atoms with Gasteiger partial charge in [-0.25, -0.2) is 0 Å². The minimum Gasteiger partial charge on any atom is -0.285 e. The zero-order valence-electron chi connectivity index (χ0n) is 10.3. The second-order valence-corrected chi connectivity index (χ2v) is 4.63. The van der Waals surface area contributed by atoms with Crippen molar-refractivity contribution < 1.29 is 9.59 Å². The SMILES string of the molecule is Cc1ccc2c(c1C)C(=O)C(=O)c1ccccc1-2. The summed E-state index contributed by atoms with van der Waals surface area (Å²) >= 11 is 0. The third-order valence-corrected chi connectivity index (χ3v) is 3.63. The van der Waals surface area contributed by atoms with Gasteiger partial charge < -0.3 is 0 Å². The number of rotatable bonds is 0. The van der Waals surface area contributed by atoms with Crippen LogP contribution in [0.15, 0.2) is 36.4 Å². The molecule has 0 radical (unpaired) electrons. The van der Waals surface area contributed by atoms with Gasteiger partial charge in [-0.15, -0.1) is 0 Å². The van der Waals surface area contributed by atoms with E-state index in [0.717, 1.165) is 22.3 Å². The molecule has 2 aromatic rings. The lowest BCUT2D eigenvalue weighted by Crippen LogP contribution is -2.22. The highest BCUT2D eigenvalue weighted by Crippen LogP contribution is 2.35. The number of carbonyl (C=O) groups is 2. The zero-order valence-corrected chi connectivity index (χ0v) is 10.3. The standard InChI is InChI=1S/C16H12O2/c1-9-7-8-12-11-5-3-4-6-13(11)15(17)16(18)14(12)10(9)2/h3-8H,1-2H3. The van der Waals surface area contributed by atoms with Crippen molar-refractivity contribution in [2.45, 2.75) is 13.8 Å². The monoisotopic (exact) mass is 236 g/mol. The van der Waals surface area contributed by atoms with Gasteiger partial charge in [-0.05, 0) is 36.1 Å². The summed E-state index contributed by atoms with van der Waals surface area (Å²) in [6.07, 6.45) is 0. The number of hydrogen-bond acceptors (Lipinski definition) is 2. The number of hydrogen-bond donors (Lipinski definition) is 0. The van der Waals surface area contributed by atoms with Crippen LogP contribution in [0.3, 0.4) is 0 Å². The number of carbonyl (C=O) groups excluding carboxylic acids is 2. The maximum Gasteiger partial charge on any atom is 0.234 e. The van der Waals surface area contributed by atoms with Crippen LogP contribution in [0.1, 0.15) is 31.8 Å². The van der Waals surface area contributed by atoms with Crippen LogP contribution in [-0.2, 0) is 0 Å². The summed E-state index contributed by atoms with van der Waals surface area (Å²) in [5.74, 6) is -0.781. The molecule has 0 aliphatic heterocycles. The summed E-state index contributed by atoms with van der Waals surface area (Å²) < 4.78 is 0. The molecule has 3 rings (SSSR count). The van der Waals surface area contributed by atoms with Crippen molar-refractivity contribution in [1.29, 1.82) is 0 Å². The molecule has 2 aromatic carbocycles. The van der Waals surface area contributed by atoms with E-state index >= 15 is 0 Å². The Morgan fingerprint density at radius 3 is 2.11 bits per heavy atom. The first-order chi connectivity index (χ1) is 8.61. The number of fused-ring (bicyclic) bond motifs is 3. The summed E-state index contributed by atoms with van der Waals surface area (Å²) in [4.78, 5) is 24.3. The van der Waals surface area contributed by atoms with Gasteiger partial charge in [-0.2, -0.15) is 0 Å². The van der Waals surface area contributed by atoms with Gasteiger partial charge in [0.05, 0.1) is 0 Å². The molecule has 0 aromatic heterocycles. The summed E-state index contributed by atoms with van der Waals surface area (Å²) in [5.41, 5.74) is 4.75. The number of Topliss-reactive ketones (excluding diaryl/α,β-unsaturated/α-hetero) is 2. The van der Waals surface area contributed by atoms with Crippen molar-refractivity contribution in [2.24, 2.45) is 0 Å². The maximum absolute atomic E-state index is 12.2. The molecule has 0 saturated carbocycles. The van der Waals surface area contributed by atoms with Crippen molar-refractivity contribution >= 4 is 11.6 Å². The van der Waals surface area contributed by atoms with Crippen LogP contribution in [0.25, 0.3) is 11.1 Å². The van der Waals surface area contributed by atoms with Crippen molar-refractivity contribution in [3.8, 4) is 11.1 Å². The molecule has 0 N–H and O–H groups in total. The third kappa shape index (κ3) is 1.29. The number of aryl methyl sites for hydroxylation is 1. The van der Waals surface area contributed by atoms with Gasteiger partial charge in [0.25, 0.3) is 0 Å². The second kappa shape index (κ2) is 3.64. The molecule has 1 aliphatic rings. The molecule has 1 aliphatic carbocycles. The van der Waals surface area contributed by atoms with E-state index in [1.807, 2.05) is 38.1 Å². The molecule has 2 heteroatoms. The zero-order chi connectivity index (χ0) is 12.9. The van der Waals surface area contributed by atoms with Crippen molar-refractivity contribution in [3.63, 3.8) is 0 Å². The van der Waals surface area contributed by atoms with Crippen molar-refractivity contribution in [3.05, 3.63) is 58.7 Å². The summed E-state index contributed by atoms with van der Waals surface area (Å²) in [6.45, 7) is 3.85. The third-order valence-electron chi connectivity index (χ3n) is 3.63. The van der Waals surface area contributed by atoms with Gasteiger partial charge in [0.15, 0.2) is 0 Å². The van der Waals surface area contributed by atoms with Crippen LogP contribution in [0.2, 0.25) is 0 Å². The molecule has 0 bridgehead atoms. The quantitative estimate of drug-likeness (QED) is 0.657. The first kappa shape index (κ1) is 10.9. The van der Waals surface area contributed by atoms with E-state index in [1.165, 1.54) is 0 Å². The minimum atomic E-state index is -0.396. The first-order valence-electron chi connectivity index (χ1n) is 5.90. The summed E-state index contributed by atoms with van der Waals surface area (Å²) in [6, 6.07) is 11.2. The lowest BCUT2D eigenvalue weighted by molar-refractivity contribution is 0.0815. The van der Waals surface area contributed by atoms with E-state index in [1.54, 1.807) is 12.1 Å². The van der Waals surface area contributed by atoms with Crippen LogP contribution >= 0.6 is 0 Å². The summed E-state index contributed by atoms with van der Waals surface area (Å²) in [7, 11) is 0. The van der Waals surface area contributed by atoms with Crippen LogP contribution in [0.5, 0.6) is 0 Å². The Morgan fingerprint density at radius 2 is 1.39 bits per heavy atom. The van der Waals surface area contributed by atoms with Crippen molar-refractivity contribution in [1.82, 2.24) is 0 Å². The maximum atomic E-state index is 12.2. The van der Waals surface area contributed by atoms with E-state index in [9.17, 15) is 9.59 Å². The fourth-order valence-corrected chi connectivity index (χ4v) is 2.48. The predicted octanol–water partition coefficient (Wildman–Crippen LogP) is 3.35. The highest BCUT2D eigenvalue weighted by molar-refractivity contribution is 6.53. The highest BCUT2D eigenvalue weighted by Gasteiger charge is 2.31. The molecular weight excluding hydrogens is 224 g/mol. The lowest BCUT2D eigenvalue weighted by atomic mass is 9.81. The second-order valence-electron chi connectivity index (χ2n) is 4.63. The number of benzene rings is 2. The van der Waals surface area contributed by atoms with Gasteiger partial charge in [0.1, 0.15) is 0 Å². The Balaban J connectivity index is 2.44. The molecule has 0 atom stereocenters. The molecule has 0 fully saturated rings. The Kier molecular flexibility index (Phi) is 2.20. The van der Waals surface area contributed by atoms with Gasteiger partial charge >= 0.3 is 0 Å². The van der Waals surface area contributed by atoms with E-state index in [0.29, 0.717) is 11.1 Å². The van der Waals surface area contributed by atoms with Crippen LogP contribution < -0.4 is 0 Å². The molecule has 0 amide bonds. The van der Waals surface area contributed by atoms with Crippen LogP contribution in [-0.4, -0.2) is 11.6 Å². The van der Waals surface area contributed by atoms with Crippen LogP contribution in [0.4, 0.5) is 0 Å². The van der Waals surface area contributed by atoms with E-state index in [-0.39, 0.29) is 5.78 Å². The fourth-order valence-electron chi connectivity index (χ4n) is 2.48. The Labute approximate surface area is 105 Å². The van der Waals surface area contributed by atoms with Gasteiger partial charge in [0, 0.05) is 11.1 Å². The fraction of sp³-hybridized carbons (Fsp3) is 0.125. The molecule has 88 valence electrons. The Morgan fingerprint density at radius 1 is 0.722 bits per heavy atom. The number of ketones is 2. The van der Waals surface area contributed by atoms with Crippen molar-refractivity contribution in [2.75, 3.05) is 0 Å². The van der Waals surface area contributed by atoms with E-state index in [4.69, 9.17) is 0 Å². The van der Waals surface area contributed by atoms with Gasteiger partial charge in [-0.3, -0.25) is 9.59 Å². The Bertz CT molecular complexity index is 696. The lowest BCUT2D eigenvalue weighted by Gasteiger charge is -2.20. The van der Waals surface area contributed by atoms with Crippen LogP contribution in [0, 0.1) is 13.8 Å². The molecule has 0 heterocycles. The smallest absolute Gasteiger partial charge is 0.234 e. The Hall–Kier alpha value is -2.22. The van der Waals surface area contributed by atoms with E-state index in [2.05, 4.69) is 0 Å². The summed E-state index contributed by atoms with van der Waals surface area (Å²) in [5, 5.41) is 0. The highest BCUT2D eigenvalue weighted by atomic mass is 16.2. The topological polar surface area (TPSA) is 34.1 Å². The molecule has 0 saturated heterocycles. The van der Waals surface area contributed by atoms with E-state index < -0.39 is 5.78 Å². The molecular formula is C16H12O2. The van der Waals surface area contributed by atoms with Gasteiger partial charge in [-0.1, -0.05) is 36.4 Å². The minimum absolute atomic E-state index is 0.384. The first-order valence-corrected chi connectivity index (χ1v) is 5.90. The molecule has 18 heavy (non-hydrogen) atoms. The van der Waals surface area contributed by atoms with Gasteiger partial charge in [0.2, 0.25) is 11.6 Å². The predicted molar refractivity (Wildman–Crippen MR) is 70.0 cm³/mol. The molecule has 2 nitrogen and oxygen atoms in total. The average molecular weight is 236 g/mol. The molecule has 0 spiro atoms. The normalized spacial score (nSPS) is 13.2. The molecule has 0 unspecified atom stereocenters. The largest absolute Gasteiger partial charge is 0.285 e.